The van der Waals surface area contributed by atoms with Crippen LogP contribution < -0.4 is 5.32 Å². The van der Waals surface area contributed by atoms with Crippen LogP contribution in [0.3, 0.4) is 0 Å². The molecule has 0 bridgehead atoms. The Bertz CT molecular complexity index is 347. The molecule has 1 N–H and O–H groups in total. The standard InChI is InChI=1S/C11H18N4/c1-8-13-14-11(15(8)9-5-6-9)10-4-2-3-7-12-10/h9-10,12H,2-7H2,1H3/t10-/m0/s1. The van der Waals surface area contributed by atoms with E-state index in [1.807, 2.05) is 0 Å². The third-order valence-electron chi connectivity index (χ3n) is 3.43. The van der Waals surface area contributed by atoms with Gasteiger partial charge in [-0.3, -0.25) is 0 Å². The lowest BCUT2D eigenvalue weighted by Gasteiger charge is -2.23. The summed E-state index contributed by atoms with van der Waals surface area (Å²) in [6.45, 7) is 3.19. The summed E-state index contributed by atoms with van der Waals surface area (Å²) in [5.74, 6) is 2.26. The van der Waals surface area contributed by atoms with Crippen LogP contribution in [0.25, 0.3) is 0 Å². The fraction of sp³-hybridized carbons (Fsp3) is 0.818. The number of hydrogen-bond acceptors (Lipinski definition) is 3. The first kappa shape index (κ1) is 9.33. The maximum Gasteiger partial charge on any atom is 0.150 e. The quantitative estimate of drug-likeness (QED) is 0.801. The number of aromatic nitrogens is 3. The molecular formula is C11H18N4. The van der Waals surface area contributed by atoms with Crippen molar-refractivity contribution in [1.82, 2.24) is 20.1 Å². The molecule has 0 radical (unpaired) electrons. The molecule has 0 spiro atoms. The number of aryl methyl sites for hydroxylation is 1. The minimum Gasteiger partial charge on any atom is -0.311 e. The van der Waals surface area contributed by atoms with Crippen LogP contribution in [-0.2, 0) is 0 Å². The van der Waals surface area contributed by atoms with E-state index in [1.54, 1.807) is 0 Å². The zero-order valence-corrected chi connectivity index (χ0v) is 9.24. The number of hydrogen-bond donors (Lipinski definition) is 1. The highest BCUT2D eigenvalue weighted by atomic mass is 15.3. The average Bonchev–Trinajstić information content (AvgIpc) is 3.03. The molecule has 0 aromatic carbocycles. The first-order chi connectivity index (χ1) is 7.36. The van der Waals surface area contributed by atoms with E-state index in [1.165, 1.54) is 37.9 Å². The topological polar surface area (TPSA) is 42.7 Å². The molecule has 1 atom stereocenters. The second-order valence-electron chi connectivity index (χ2n) is 4.71. The molecule has 1 saturated carbocycles. The fourth-order valence-corrected chi connectivity index (χ4v) is 2.48. The lowest BCUT2D eigenvalue weighted by atomic mass is 10.0. The van der Waals surface area contributed by atoms with Gasteiger partial charge in [0, 0.05) is 6.04 Å². The summed E-state index contributed by atoms with van der Waals surface area (Å²) in [5.41, 5.74) is 0. The molecule has 1 aromatic heterocycles. The predicted octanol–water partition coefficient (Wildman–Crippen LogP) is 1.74. The summed E-state index contributed by atoms with van der Waals surface area (Å²) < 4.78 is 2.35. The molecule has 82 valence electrons. The van der Waals surface area contributed by atoms with Crippen LogP contribution in [0.5, 0.6) is 0 Å². The van der Waals surface area contributed by atoms with Crippen LogP contribution in [-0.4, -0.2) is 21.3 Å². The van der Waals surface area contributed by atoms with Gasteiger partial charge in [0.05, 0.1) is 6.04 Å². The largest absolute Gasteiger partial charge is 0.311 e. The van der Waals surface area contributed by atoms with Crippen molar-refractivity contribution >= 4 is 0 Å². The second kappa shape index (κ2) is 3.59. The van der Waals surface area contributed by atoms with E-state index in [2.05, 4.69) is 27.0 Å². The van der Waals surface area contributed by atoms with Gasteiger partial charge in [-0.05, 0) is 39.2 Å². The van der Waals surface area contributed by atoms with Gasteiger partial charge in [0.25, 0.3) is 0 Å². The Morgan fingerprint density at radius 1 is 1.20 bits per heavy atom. The minimum atomic E-state index is 0.445. The zero-order valence-electron chi connectivity index (χ0n) is 9.24. The van der Waals surface area contributed by atoms with Crippen molar-refractivity contribution in [3.63, 3.8) is 0 Å². The Morgan fingerprint density at radius 3 is 2.73 bits per heavy atom. The van der Waals surface area contributed by atoms with Gasteiger partial charge in [0.2, 0.25) is 0 Å². The molecule has 0 amide bonds. The fourth-order valence-electron chi connectivity index (χ4n) is 2.48. The summed E-state index contributed by atoms with van der Waals surface area (Å²) in [4.78, 5) is 0. The molecule has 2 heterocycles. The molecule has 15 heavy (non-hydrogen) atoms. The Morgan fingerprint density at radius 2 is 2.07 bits per heavy atom. The predicted molar refractivity (Wildman–Crippen MR) is 57.6 cm³/mol. The van der Waals surface area contributed by atoms with E-state index in [4.69, 9.17) is 0 Å². The van der Waals surface area contributed by atoms with Gasteiger partial charge in [-0.25, -0.2) is 0 Å². The number of rotatable bonds is 2. The molecule has 2 fully saturated rings. The summed E-state index contributed by atoms with van der Waals surface area (Å²) in [6, 6.07) is 1.14. The summed E-state index contributed by atoms with van der Waals surface area (Å²) in [5, 5.41) is 12.1. The van der Waals surface area contributed by atoms with E-state index in [0.29, 0.717) is 12.1 Å². The first-order valence-electron chi connectivity index (χ1n) is 6.01. The highest BCUT2D eigenvalue weighted by Gasteiger charge is 2.31. The van der Waals surface area contributed by atoms with E-state index < -0.39 is 0 Å². The third-order valence-corrected chi connectivity index (χ3v) is 3.43. The highest BCUT2D eigenvalue weighted by Crippen LogP contribution is 2.38. The second-order valence-corrected chi connectivity index (χ2v) is 4.71. The minimum absolute atomic E-state index is 0.445. The van der Waals surface area contributed by atoms with Crippen LogP contribution in [0.4, 0.5) is 0 Å². The molecule has 1 aromatic rings. The monoisotopic (exact) mass is 206 g/mol. The molecule has 0 unspecified atom stereocenters. The Balaban J connectivity index is 1.89. The van der Waals surface area contributed by atoms with E-state index in [-0.39, 0.29) is 0 Å². The van der Waals surface area contributed by atoms with Crippen LogP contribution in [0.1, 0.15) is 55.8 Å². The van der Waals surface area contributed by atoms with Gasteiger partial charge < -0.3 is 9.88 Å². The molecule has 2 aliphatic rings. The van der Waals surface area contributed by atoms with Gasteiger partial charge in [-0.15, -0.1) is 10.2 Å². The molecule has 1 aliphatic carbocycles. The summed E-state index contributed by atoms with van der Waals surface area (Å²) in [6.07, 6.45) is 6.43. The Labute approximate surface area is 90.1 Å². The lowest BCUT2D eigenvalue weighted by molar-refractivity contribution is 0.384. The Kier molecular flexibility index (Phi) is 2.24. The van der Waals surface area contributed by atoms with Crippen molar-refractivity contribution in [3.8, 4) is 0 Å². The van der Waals surface area contributed by atoms with Gasteiger partial charge in [-0.1, -0.05) is 6.42 Å². The van der Waals surface area contributed by atoms with Crippen LogP contribution >= 0.6 is 0 Å². The normalized spacial score (nSPS) is 26.9. The average molecular weight is 206 g/mol. The van der Waals surface area contributed by atoms with Crippen molar-refractivity contribution in [3.05, 3.63) is 11.6 Å². The molecule has 1 aliphatic heterocycles. The molecule has 4 nitrogen and oxygen atoms in total. The van der Waals surface area contributed by atoms with Gasteiger partial charge in [-0.2, -0.15) is 0 Å². The smallest absolute Gasteiger partial charge is 0.150 e. The van der Waals surface area contributed by atoms with Crippen molar-refractivity contribution in [1.29, 1.82) is 0 Å². The van der Waals surface area contributed by atoms with Gasteiger partial charge in [0.15, 0.2) is 0 Å². The van der Waals surface area contributed by atoms with Crippen LogP contribution in [0.2, 0.25) is 0 Å². The molecule has 4 heteroatoms. The third kappa shape index (κ3) is 1.67. The maximum atomic E-state index is 4.35. The SMILES string of the molecule is Cc1nnc([C@@H]2CCCCN2)n1C1CC1. The van der Waals surface area contributed by atoms with E-state index in [0.717, 1.165) is 12.4 Å². The van der Waals surface area contributed by atoms with Gasteiger partial charge in [0.1, 0.15) is 11.6 Å². The number of nitrogens with zero attached hydrogens (tertiary/aromatic N) is 3. The van der Waals surface area contributed by atoms with Crippen molar-refractivity contribution < 1.29 is 0 Å². The lowest BCUT2D eigenvalue weighted by Crippen LogP contribution is -2.29. The molecular weight excluding hydrogens is 188 g/mol. The zero-order chi connectivity index (χ0) is 10.3. The summed E-state index contributed by atoms with van der Waals surface area (Å²) >= 11 is 0. The van der Waals surface area contributed by atoms with Gasteiger partial charge >= 0.3 is 0 Å². The number of nitrogens with one attached hydrogen (secondary N) is 1. The Hall–Kier alpha value is -0.900. The molecule has 3 rings (SSSR count). The van der Waals surface area contributed by atoms with Crippen LogP contribution in [0, 0.1) is 6.92 Å². The molecule has 1 saturated heterocycles. The maximum absolute atomic E-state index is 4.35. The van der Waals surface area contributed by atoms with Crippen molar-refractivity contribution in [2.75, 3.05) is 6.54 Å². The van der Waals surface area contributed by atoms with Crippen LogP contribution in [0.15, 0.2) is 0 Å². The van der Waals surface area contributed by atoms with E-state index in [9.17, 15) is 0 Å². The first-order valence-corrected chi connectivity index (χ1v) is 6.01. The van der Waals surface area contributed by atoms with Crippen molar-refractivity contribution in [2.45, 2.75) is 51.1 Å². The highest BCUT2D eigenvalue weighted by molar-refractivity contribution is 5.06. The van der Waals surface area contributed by atoms with E-state index >= 15 is 0 Å². The van der Waals surface area contributed by atoms with Crippen molar-refractivity contribution in [2.24, 2.45) is 0 Å². The number of piperidine rings is 1. The summed E-state index contributed by atoms with van der Waals surface area (Å²) in [7, 11) is 0.